The first kappa shape index (κ1) is 8.24. The summed E-state index contributed by atoms with van der Waals surface area (Å²) < 4.78 is 10.3. The van der Waals surface area contributed by atoms with Crippen molar-refractivity contribution < 1.29 is 9.16 Å². The van der Waals surface area contributed by atoms with Crippen LogP contribution in [0, 0.1) is 5.92 Å². The molecule has 0 aromatic heterocycles. The van der Waals surface area contributed by atoms with Crippen LogP contribution in [-0.4, -0.2) is 29.8 Å². The van der Waals surface area contributed by atoms with Gasteiger partial charge in [-0.15, -0.1) is 0 Å². The normalized spacial score (nSPS) is 26.7. The smallest absolute Gasteiger partial charge is 0.145 e. The fourth-order valence-corrected chi connectivity index (χ4v) is 1.64. The molecule has 0 N–H and O–H groups in total. The molecule has 0 bridgehead atoms. The van der Waals surface area contributed by atoms with Crippen molar-refractivity contribution in [3.05, 3.63) is 0 Å². The molecule has 2 nitrogen and oxygen atoms in total. The van der Waals surface area contributed by atoms with E-state index in [9.17, 15) is 0 Å². The highest BCUT2D eigenvalue weighted by atomic mass is 28.2. The number of ether oxygens (including phenoxy) is 1. The number of rotatable bonds is 5. The Bertz CT molecular complexity index is 93.6. The molecular weight excluding hydrogens is 144 g/mol. The largest absolute Gasteiger partial charge is 0.428 e. The summed E-state index contributed by atoms with van der Waals surface area (Å²) in [6.45, 7) is 4.15. The Morgan fingerprint density at radius 1 is 1.80 bits per heavy atom. The molecule has 0 aliphatic carbocycles. The molecule has 0 saturated carbocycles. The molecular formula is C7H16O2Si. The van der Waals surface area contributed by atoms with Crippen LogP contribution in [0.4, 0.5) is 0 Å². The van der Waals surface area contributed by atoms with Crippen molar-refractivity contribution in [3.63, 3.8) is 0 Å². The third-order valence-electron chi connectivity index (χ3n) is 1.98. The number of epoxide rings is 1. The summed E-state index contributed by atoms with van der Waals surface area (Å²) >= 11 is 0. The molecule has 0 radical (unpaired) electrons. The van der Waals surface area contributed by atoms with Crippen LogP contribution >= 0.6 is 0 Å². The van der Waals surface area contributed by atoms with Crippen molar-refractivity contribution in [2.45, 2.75) is 25.9 Å². The quantitative estimate of drug-likeness (QED) is 0.420. The molecule has 2 unspecified atom stereocenters. The van der Waals surface area contributed by atoms with Crippen LogP contribution < -0.4 is 0 Å². The minimum absolute atomic E-state index is 0.571. The Morgan fingerprint density at radius 3 is 2.90 bits per heavy atom. The molecule has 0 aromatic rings. The van der Waals surface area contributed by atoms with E-state index in [-0.39, 0.29) is 0 Å². The fraction of sp³-hybridized carbons (Fsp3) is 1.00. The molecule has 1 saturated heterocycles. The van der Waals surface area contributed by atoms with E-state index in [0.29, 0.717) is 6.10 Å². The van der Waals surface area contributed by atoms with E-state index in [0.717, 1.165) is 29.6 Å². The molecule has 0 spiro atoms. The first-order valence-electron chi connectivity index (χ1n) is 3.97. The van der Waals surface area contributed by atoms with E-state index in [1.165, 1.54) is 12.8 Å². The summed E-state index contributed by atoms with van der Waals surface area (Å²) in [6.07, 6.45) is 3.00. The van der Waals surface area contributed by atoms with E-state index in [1.807, 2.05) is 0 Å². The summed E-state index contributed by atoms with van der Waals surface area (Å²) in [5.74, 6) is 0.741. The maximum absolute atomic E-state index is 5.21. The monoisotopic (exact) mass is 160 g/mol. The highest BCUT2D eigenvalue weighted by Gasteiger charge is 2.25. The van der Waals surface area contributed by atoms with Crippen molar-refractivity contribution in [1.82, 2.24) is 0 Å². The molecule has 1 aliphatic rings. The van der Waals surface area contributed by atoms with Crippen molar-refractivity contribution >= 4 is 10.5 Å². The SMILES string of the molecule is CCC(CO[SiH3])CC1CO1. The summed E-state index contributed by atoms with van der Waals surface area (Å²) in [6, 6.07) is 0. The minimum atomic E-state index is 0.571. The zero-order valence-electron chi connectivity index (χ0n) is 6.80. The molecule has 1 rings (SSSR count). The maximum atomic E-state index is 5.21. The maximum Gasteiger partial charge on any atom is 0.145 e. The zero-order valence-corrected chi connectivity index (χ0v) is 8.80. The predicted octanol–water partition coefficient (Wildman–Crippen LogP) is 0.0985. The summed E-state index contributed by atoms with van der Waals surface area (Å²) in [7, 11) is 0.871. The van der Waals surface area contributed by atoms with Crippen LogP contribution in [0.15, 0.2) is 0 Å². The van der Waals surface area contributed by atoms with Gasteiger partial charge >= 0.3 is 0 Å². The van der Waals surface area contributed by atoms with Crippen molar-refractivity contribution in [2.75, 3.05) is 13.2 Å². The van der Waals surface area contributed by atoms with Gasteiger partial charge in [-0.05, 0) is 12.3 Å². The second kappa shape index (κ2) is 4.11. The van der Waals surface area contributed by atoms with E-state index in [2.05, 4.69) is 6.92 Å². The third-order valence-corrected chi connectivity index (χ3v) is 2.31. The molecule has 2 atom stereocenters. The van der Waals surface area contributed by atoms with Gasteiger partial charge in [0.2, 0.25) is 0 Å². The van der Waals surface area contributed by atoms with Crippen LogP contribution in [0.25, 0.3) is 0 Å². The Morgan fingerprint density at radius 2 is 2.50 bits per heavy atom. The van der Waals surface area contributed by atoms with Crippen LogP contribution in [-0.2, 0) is 9.16 Å². The van der Waals surface area contributed by atoms with Gasteiger partial charge in [-0.1, -0.05) is 13.3 Å². The van der Waals surface area contributed by atoms with Crippen LogP contribution in [0.1, 0.15) is 19.8 Å². The van der Waals surface area contributed by atoms with Gasteiger partial charge in [0.25, 0.3) is 0 Å². The topological polar surface area (TPSA) is 21.8 Å². The molecule has 60 valence electrons. The molecule has 3 heteroatoms. The first-order chi connectivity index (χ1) is 4.86. The second-order valence-electron chi connectivity index (χ2n) is 2.92. The lowest BCUT2D eigenvalue weighted by molar-refractivity contribution is 0.237. The Balaban J connectivity index is 2.05. The van der Waals surface area contributed by atoms with Gasteiger partial charge in [-0.25, -0.2) is 0 Å². The van der Waals surface area contributed by atoms with Crippen molar-refractivity contribution in [3.8, 4) is 0 Å². The first-order valence-corrected chi connectivity index (χ1v) is 4.79. The lowest BCUT2D eigenvalue weighted by Gasteiger charge is -2.11. The van der Waals surface area contributed by atoms with Crippen LogP contribution in [0.3, 0.4) is 0 Å². The highest BCUT2D eigenvalue weighted by molar-refractivity contribution is 5.97. The van der Waals surface area contributed by atoms with E-state index >= 15 is 0 Å². The van der Waals surface area contributed by atoms with Crippen molar-refractivity contribution in [1.29, 1.82) is 0 Å². The van der Waals surface area contributed by atoms with Crippen LogP contribution in [0.5, 0.6) is 0 Å². The second-order valence-corrected chi connectivity index (χ2v) is 3.50. The van der Waals surface area contributed by atoms with Crippen LogP contribution in [0.2, 0.25) is 0 Å². The van der Waals surface area contributed by atoms with Gasteiger partial charge in [0, 0.05) is 6.61 Å². The zero-order chi connectivity index (χ0) is 7.40. The van der Waals surface area contributed by atoms with Gasteiger partial charge in [-0.3, -0.25) is 0 Å². The van der Waals surface area contributed by atoms with Crippen molar-refractivity contribution in [2.24, 2.45) is 5.92 Å². The van der Waals surface area contributed by atoms with Gasteiger partial charge in [0.15, 0.2) is 0 Å². The molecule has 1 fully saturated rings. The fourth-order valence-electron chi connectivity index (χ4n) is 1.16. The molecule has 10 heavy (non-hydrogen) atoms. The minimum Gasteiger partial charge on any atom is -0.428 e. The lowest BCUT2D eigenvalue weighted by Crippen LogP contribution is -2.10. The average Bonchev–Trinajstić information content (AvgIpc) is 2.71. The third kappa shape index (κ3) is 2.81. The summed E-state index contributed by atoms with van der Waals surface area (Å²) in [5.41, 5.74) is 0. The van der Waals surface area contributed by atoms with Gasteiger partial charge in [0.1, 0.15) is 10.5 Å². The average molecular weight is 160 g/mol. The number of hydrogen-bond donors (Lipinski definition) is 0. The van der Waals surface area contributed by atoms with Gasteiger partial charge in [0.05, 0.1) is 12.7 Å². The lowest BCUT2D eigenvalue weighted by atomic mass is 10.0. The standard InChI is InChI=1S/C7H16O2Si/c1-2-6(4-9-10)3-7-5-8-7/h6-7H,2-5H2,1,10H3. The van der Waals surface area contributed by atoms with Gasteiger partial charge in [-0.2, -0.15) is 0 Å². The van der Waals surface area contributed by atoms with E-state index in [1.54, 1.807) is 0 Å². The Labute approximate surface area is 65.4 Å². The number of hydrogen-bond acceptors (Lipinski definition) is 2. The van der Waals surface area contributed by atoms with E-state index in [4.69, 9.17) is 9.16 Å². The summed E-state index contributed by atoms with van der Waals surface area (Å²) in [4.78, 5) is 0. The Kier molecular flexibility index (Phi) is 3.38. The van der Waals surface area contributed by atoms with E-state index < -0.39 is 0 Å². The van der Waals surface area contributed by atoms with Gasteiger partial charge < -0.3 is 9.16 Å². The predicted molar refractivity (Wildman–Crippen MR) is 44.0 cm³/mol. The highest BCUT2D eigenvalue weighted by Crippen LogP contribution is 2.21. The molecule has 0 aromatic carbocycles. The molecule has 1 aliphatic heterocycles. The Hall–Kier alpha value is 0.137. The molecule has 1 heterocycles. The molecule has 0 amide bonds. The summed E-state index contributed by atoms with van der Waals surface area (Å²) in [5, 5.41) is 0.